The second-order valence-corrected chi connectivity index (χ2v) is 6.09. The van der Waals surface area contributed by atoms with E-state index in [-0.39, 0.29) is 24.4 Å². The summed E-state index contributed by atoms with van der Waals surface area (Å²) in [6.45, 7) is 3.71. The number of nitrogens with zero attached hydrogens (tertiary/aromatic N) is 1. The SMILES string of the molecule is CNCCC(=O)N1CCSCC1c1ccc(C)cc1.Cl. The molecule has 5 heteroatoms. The number of halogens is 1. The minimum atomic E-state index is 0. The monoisotopic (exact) mass is 314 g/mol. The van der Waals surface area contributed by atoms with Crippen LogP contribution in [0, 0.1) is 6.92 Å². The highest BCUT2D eigenvalue weighted by atomic mass is 35.5. The summed E-state index contributed by atoms with van der Waals surface area (Å²) in [6.07, 6.45) is 0.587. The fourth-order valence-electron chi connectivity index (χ4n) is 2.34. The van der Waals surface area contributed by atoms with Gasteiger partial charge in [-0.2, -0.15) is 11.8 Å². The van der Waals surface area contributed by atoms with Gasteiger partial charge in [0.25, 0.3) is 0 Å². The summed E-state index contributed by atoms with van der Waals surface area (Å²) in [5.41, 5.74) is 2.52. The molecule has 1 aromatic rings. The lowest BCUT2D eigenvalue weighted by atomic mass is 10.0. The molecule has 1 unspecified atom stereocenters. The first-order valence-electron chi connectivity index (χ1n) is 6.80. The topological polar surface area (TPSA) is 32.3 Å². The third kappa shape index (κ3) is 4.40. The molecular weight excluding hydrogens is 292 g/mol. The van der Waals surface area contributed by atoms with Gasteiger partial charge in [-0.25, -0.2) is 0 Å². The molecule has 1 atom stereocenters. The number of carbonyl (C=O) groups is 1. The second kappa shape index (κ2) is 8.55. The normalized spacial score (nSPS) is 18.5. The highest BCUT2D eigenvalue weighted by Gasteiger charge is 2.27. The maximum absolute atomic E-state index is 12.3. The fourth-order valence-corrected chi connectivity index (χ4v) is 3.43. The van der Waals surface area contributed by atoms with E-state index < -0.39 is 0 Å². The van der Waals surface area contributed by atoms with E-state index in [0.29, 0.717) is 6.42 Å². The molecule has 112 valence electrons. The molecule has 20 heavy (non-hydrogen) atoms. The molecule has 3 nitrogen and oxygen atoms in total. The average Bonchev–Trinajstić information content (AvgIpc) is 2.45. The van der Waals surface area contributed by atoms with Crippen LogP contribution in [0.2, 0.25) is 0 Å². The summed E-state index contributed by atoms with van der Waals surface area (Å²) in [6, 6.07) is 8.81. The number of carbonyl (C=O) groups excluding carboxylic acids is 1. The van der Waals surface area contributed by atoms with Crippen LogP contribution >= 0.6 is 24.2 Å². The molecule has 2 rings (SSSR count). The molecule has 1 N–H and O–H groups in total. The summed E-state index contributed by atoms with van der Waals surface area (Å²) in [4.78, 5) is 14.3. The van der Waals surface area contributed by atoms with Crippen molar-refractivity contribution in [2.45, 2.75) is 19.4 Å². The van der Waals surface area contributed by atoms with Gasteiger partial charge in [0.1, 0.15) is 0 Å². The van der Waals surface area contributed by atoms with Gasteiger partial charge in [-0.05, 0) is 19.5 Å². The number of rotatable bonds is 4. The van der Waals surface area contributed by atoms with Crippen LogP contribution in [0.3, 0.4) is 0 Å². The molecule has 0 bridgehead atoms. The maximum atomic E-state index is 12.3. The molecule has 0 aliphatic carbocycles. The van der Waals surface area contributed by atoms with Crippen LogP contribution in [0.5, 0.6) is 0 Å². The summed E-state index contributed by atoms with van der Waals surface area (Å²) >= 11 is 1.94. The average molecular weight is 315 g/mol. The number of nitrogens with one attached hydrogen (secondary N) is 1. The Kier molecular flexibility index (Phi) is 7.41. The van der Waals surface area contributed by atoms with E-state index in [1.807, 2.05) is 18.8 Å². The zero-order valence-electron chi connectivity index (χ0n) is 12.1. The van der Waals surface area contributed by atoms with Crippen molar-refractivity contribution < 1.29 is 4.79 Å². The molecule has 1 saturated heterocycles. The minimum Gasteiger partial charge on any atom is -0.334 e. The molecule has 1 heterocycles. The largest absolute Gasteiger partial charge is 0.334 e. The van der Waals surface area contributed by atoms with Crippen LogP contribution in [0.4, 0.5) is 0 Å². The van der Waals surface area contributed by atoms with Crippen molar-refractivity contribution in [2.75, 3.05) is 31.6 Å². The highest BCUT2D eigenvalue weighted by molar-refractivity contribution is 7.99. The number of amides is 1. The van der Waals surface area contributed by atoms with Crippen molar-refractivity contribution >= 4 is 30.1 Å². The lowest BCUT2D eigenvalue weighted by Crippen LogP contribution is -2.41. The summed E-state index contributed by atoms with van der Waals surface area (Å²) in [5.74, 6) is 2.32. The van der Waals surface area contributed by atoms with Gasteiger partial charge in [0.15, 0.2) is 0 Å². The molecular formula is C15H23ClN2OS. The molecule has 1 fully saturated rings. The summed E-state index contributed by atoms with van der Waals surface area (Å²) in [7, 11) is 1.89. The Morgan fingerprint density at radius 2 is 2.10 bits per heavy atom. The van der Waals surface area contributed by atoms with Crippen molar-refractivity contribution in [1.82, 2.24) is 10.2 Å². The minimum absolute atomic E-state index is 0. The maximum Gasteiger partial charge on any atom is 0.224 e. The van der Waals surface area contributed by atoms with Gasteiger partial charge in [0.2, 0.25) is 5.91 Å². The van der Waals surface area contributed by atoms with Crippen LogP contribution in [0.15, 0.2) is 24.3 Å². The number of thioether (sulfide) groups is 1. The van der Waals surface area contributed by atoms with Gasteiger partial charge >= 0.3 is 0 Å². The van der Waals surface area contributed by atoms with Crippen molar-refractivity contribution in [2.24, 2.45) is 0 Å². The number of hydrogen-bond acceptors (Lipinski definition) is 3. The van der Waals surface area contributed by atoms with Crippen LogP contribution in [-0.2, 0) is 4.79 Å². The standard InChI is InChI=1S/C15H22N2OS.ClH/c1-12-3-5-13(6-4-12)14-11-19-10-9-17(14)15(18)7-8-16-2;/h3-6,14,16H,7-11H2,1-2H3;1H. The fraction of sp³-hybridized carbons (Fsp3) is 0.533. The van der Waals surface area contributed by atoms with Gasteiger partial charge in [-0.1, -0.05) is 29.8 Å². The van der Waals surface area contributed by atoms with E-state index in [1.165, 1.54) is 11.1 Å². The first-order chi connectivity index (χ1) is 9.22. The Morgan fingerprint density at radius 3 is 2.75 bits per heavy atom. The van der Waals surface area contributed by atoms with E-state index in [9.17, 15) is 4.79 Å². The Balaban J connectivity index is 0.00000200. The van der Waals surface area contributed by atoms with Gasteiger partial charge in [-0.3, -0.25) is 4.79 Å². The molecule has 0 saturated carbocycles. The molecule has 0 radical (unpaired) electrons. The Bertz CT molecular complexity index is 424. The Labute approximate surface area is 131 Å². The predicted octanol–water partition coefficient (Wildman–Crippen LogP) is 2.64. The van der Waals surface area contributed by atoms with E-state index >= 15 is 0 Å². The highest BCUT2D eigenvalue weighted by Crippen LogP contribution is 2.30. The van der Waals surface area contributed by atoms with Gasteiger partial charge in [0, 0.05) is 31.0 Å². The summed E-state index contributed by atoms with van der Waals surface area (Å²) < 4.78 is 0. The van der Waals surface area contributed by atoms with Crippen molar-refractivity contribution in [1.29, 1.82) is 0 Å². The molecule has 0 spiro atoms. The van der Waals surface area contributed by atoms with E-state index in [4.69, 9.17) is 0 Å². The second-order valence-electron chi connectivity index (χ2n) is 4.94. The van der Waals surface area contributed by atoms with Gasteiger partial charge in [-0.15, -0.1) is 12.4 Å². The molecule has 1 aromatic carbocycles. The van der Waals surface area contributed by atoms with E-state index in [0.717, 1.165) is 24.6 Å². The Hall–Kier alpha value is -0.710. The van der Waals surface area contributed by atoms with Crippen LogP contribution in [0.1, 0.15) is 23.6 Å². The molecule has 1 amide bonds. The van der Waals surface area contributed by atoms with Crippen molar-refractivity contribution in [3.63, 3.8) is 0 Å². The smallest absolute Gasteiger partial charge is 0.224 e. The van der Waals surface area contributed by atoms with Crippen LogP contribution in [0.25, 0.3) is 0 Å². The molecule has 0 aromatic heterocycles. The molecule has 1 aliphatic rings. The van der Waals surface area contributed by atoms with Crippen LogP contribution in [-0.4, -0.2) is 42.4 Å². The van der Waals surface area contributed by atoms with Gasteiger partial charge < -0.3 is 10.2 Å². The number of benzene rings is 1. The lowest BCUT2D eigenvalue weighted by Gasteiger charge is -2.36. The van der Waals surface area contributed by atoms with Crippen molar-refractivity contribution in [3.05, 3.63) is 35.4 Å². The zero-order chi connectivity index (χ0) is 13.7. The zero-order valence-corrected chi connectivity index (χ0v) is 13.7. The quantitative estimate of drug-likeness (QED) is 0.927. The van der Waals surface area contributed by atoms with Crippen LogP contribution < -0.4 is 5.32 Å². The molecule has 1 aliphatic heterocycles. The Morgan fingerprint density at radius 1 is 1.40 bits per heavy atom. The lowest BCUT2D eigenvalue weighted by molar-refractivity contribution is -0.133. The number of hydrogen-bond donors (Lipinski definition) is 1. The first-order valence-corrected chi connectivity index (χ1v) is 7.96. The third-order valence-electron chi connectivity index (χ3n) is 3.50. The van der Waals surface area contributed by atoms with Crippen molar-refractivity contribution in [3.8, 4) is 0 Å². The van der Waals surface area contributed by atoms with E-state index in [1.54, 1.807) is 0 Å². The summed E-state index contributed by atoms with van der Waals surface area (Å²) in [5, 5.41) is 3.05. The third-order valence-corrected chi connectivity index (χ3v) is 4.52. The number of aryl methyl sites for hydroxylation is 1. The first kappa shape index (κ1) is 17.3. The predicted molar refractivity (Wildman–Crippen MR) is 88.7 cm³/mol. The van der Waals surface area contributed by atoms with E-state index in [2.05, 4.69) is 41.4 Å². The van der Waals surface area contributed by atoms with Gasteiger partial charge in [0.05, 0.1) is 6.04 Å².